The van der Waals surface area contributed by atoms with Crippen LogP contribution in [0.1, 0.15) is 83.6 Å². The molecule has 0 saturated carbocycles. The topological polar surface area (TPSA) is 9.72 Å². The number of benzene rings is 10. The predicted molar refractivity (Wildman–Crippen MR) is 330 cm³/mol. The van der Waals surface area contributed by atoms with Gasteiger partial charge in [0.1, 0.15) is 0 Å². The number of para-hydroxylation sites is 2. The van der Waals surface area contributed by atoms with Crippen LogP contribution in [0.5, 0.6) is 0 Å². The fourth-order valence-electron chi connectivity index (χ4n) is 12.8. The highest BCUT2D eigenvalue weighted by atomic mass is 15.2. The smallest absolute Gasteiger partial charge is 0.252 e. The van der Waals surface area contributed by atoms with E-state index in [1.54, 1.807) is 0 Å². The van der Waals surface area contributed by atoms with Gasteiger partial charge in [0.15, 0.2) is 0 Å². The molecule has 0 N–H and O–H groups in total. The van der Waals surface area contributed by atoms with Crippen molar-refractivity contribution in [1.82, 2.24) is 0 Å². The maximum Gasteiger partial charge on any atom is 0.252 e. The minimum absolute atomic E-state index is 0.0124. The Labute approximate surface area is 457 Å². The summed E-state index contributed by atoms with van der Waals surface area (Å²) in [6.45, 7) is 19.1. The SMILES string of the molecule is Cc1ccc(-c2ccccc2)cc1N1c2cc3c(cc2B2c4cc(-c5ccccc5)ccc4N(c4ccc(C(C)(C)C)cc4-c4ccccc4)c4cc(N(c5ccccc5)c5ccccc5)cc1c42)C(C)(C)CCC3(C)C. The fourth-order valence-corrected chi connectivity index (χ4v) is 12.8. The normalized spacial score (nSPS) is 14.8. The summed E-state index contributed by atoms with van der Waals surface area (Å²) < 4.78 is 0. The van der Waals surface area contributed by atoms with E-state index >= 15 is 0 Å². The van der Waals surface area contributed by atoms with Gasteiger partial charge in [0.05, 0.1) is 11.4 Å². The zero-order chi connectivity index (χ0) is 52.8. The second-order valence-electron chi connectivity index (χ2n) is 24.1. The van der Waals surface area contributed by atoms with Crippen LogP contribution in [-0.2, 0) is 16.2 Å². The second-order valence-corrected chi connectivity index (χ2v) is 24.1. The highest BCUT2D eigenvalue weighted by Crippen LogP contribution is 2.54. The van der Waals surface area contributed by atoms with Crippen LogP contribution in [0.25, 0.3) is 33.4 Å². The molecule has 376 valence electrons. The zero-order valence-electron chi connectivity index (χ0n) is 45.8. The molecule has 13 rings (SSSR count). The van der Waals surface area contributed by atoms with E-state index in [9.17, 15) is 0 Å². The molecule has 0 spiro atoms. The molecular formula is C73H66BN3. The Bertz CT molecular complexity index is 3820. The molecule has 3 nitrogen and oxygen atoms in total. The molecule has 0 atom stereocenters. The first kappa shape index (κ1) is 48.3. The van der Waals surface area contributed by atoms with Crippen LogP contribution in [0.4, 0.5) is 51.2 Å². The maximum absolute atomic E-state index is 2.67. The molecule has 0 unspecified atom stereocenters. The molecule has 0 radical (unpaired) electrons. The van der Waals surface area contributed by atoms with Gasteiger partial charge in [0, 0.05) is 45.4 Å². The minimum atomic E-state index is -0.102. The molecule has 0 aromatic heterocycles. The maximum atomic E-state index is 2.67. The minimum Gasteiger partial charge on any atom is -0.311 e. The number of hydrogen-bond acceptors (Lipinski definition) is 3. The summed E-state index contributed by atoms with van der Waals surface area (Å²) in [5.41, 5.74) is 26.9. The van der Waals surface area contributed by atoms with E-state index < -0.39 is 0 Å². The van der Waals surface area contributed by atoms with Crippen molar-refractivity contribution in [2.75, 3.05) is 14.7 Å². The van der Waals surface area contributed by atoms with Gasteiger partial charge in [0.2, 0.25) is 0 Å². The largest absolute Gasteiger partial charge is 0.311 e. The lowest BCUT2D eigenvalue weighted by Gasteiger charge is -2.48. The quantitative estimate of drug-likeness (QED) is 0.141. The van der Waals surface area contributed by atoms with Crippen molar-refractivity contribution < 1.29 is 0 Å². The standard InChI is InChI=1S/C73H66BN3/c1-49-34-35-54(51-26-16-10-17-27-51)43-66(49)77-67-48-61-60(72(5,6)40-41-73(61,7)8)47-63(67)74-62-42-53(50-24-14-9-15-25-50)36-38-65(62)76(64-39-37-55(71(2,3)4)44-59(64)52-28-18-11-19-29-52)68-45-58(46-69(77)70(68)74)75(56-30-20-12-21-31-56)57-32-22-13-23-33-57/h9-39,42-48H,40-41H2,1-8H3. The van der Waals surface area contributed by atoms with Gasteiger partial charge in [-0.2, -0.15) is 0 Å². The Morgan fingerprint density at radius 1 is 0.390 bits per heavy atom. The molecule has 77 heavy (non-hydrogen) atoms. The lowest BCUT2D eigenvalue weighted by Crippen LogP contribution is -2.62. The van der Waals surface area contributed by atoms with Gasteiger partial charge < -0.3 is 14.7 Å². The third-order valence-corrected chi connectivity index (χ3v) is 17.2. The molecule has 2 heterocycles. The number of aryl methyl sites for hydroxylation is 1. The number of fused-ring (bicyclic) bond motifs is 5. The van der Waals surface area contributed by atoms with E-state index in [1.807, 2.05) is 0 Å². The first-order valence-electron chi connectivity index (χ1n) is 27.7. The van der Waals surface area contributed by atoms with Crippen LogP contribution >= 0.6 is 0 Å². The van der Waals surface area contributed by atoms with Crippen LogP contribution in [0.15, 0.2) is 231 Å². The average molecular weight is 996 g/mol. The van der Waals surface area contributed by atoms with Crippen molar-refractivity contribution in [3.8, 4) is 33.4 Å². The summed E-state index contributed by atoms with van der Waals surface area (Å²) in [4.78, 5) is 7.76. The molecule has 0 fully saturated rings. The van der Waals surface area contributed by atoms with E-state index in [2.05, 4.69) is 301 Å². The van der Waals surface area contributed by atoms with Crippen molar-refractivity contribution >= 4 is 74.3 Å². The number of hydrogen-bond donors (Lipinski definition) is 0. The summed E-state index contributed by atoms with van der Waals surface area (Å²) in [7, 11) is 0. The van der Waals surface area contributed by atoms with Gasteiger partial charge in [-0.05, 0) is 169 Å². The Morgan fingerprint density at radius 2 is 0.857 bits per heavy atom. The van der Waals surface area contributed by atoms with Gasteiger partial charge >= 0.3 is 0 Å². The lowest BCUT2D eigenvalue weighted by atomic mass is 9.33. The third kappa shape index (κ3) is 8.28. The molecule has 2 aliphatic heterocycles. The van der Waals surface area contributed by atoms with Gasteiger partial charge in [-0.25, -0.2) is 0 Å². The molecule has 10 aromatic carbocycles. The molecule has 0 saturated heterocycles. The van der Waals surface area contributed by atoms with Crippen molar-refractivity contribution in [3.05, 3.63) is 253 Å². The van der Waals surface area contributed by atoms with Crippen molar-refractivity contribution in [2.45, 2.75) is 84.5 Å². The summed E-state index contributed by atoms with van der Waals surface area (Å²) >= 11 is 0. The van der Waals surface area contributed by atoms with Crippen molar-refractivity contribution in [3.63, 3.8) is 0 Å². The Balaban J connectivity index is 1.21. The summed E-state index contributed by atoms with van der Waals surface area (Å²) in [5, 5.41) is 0. The van der Waals surface area contributed by atoms with E-state index in [0.29, 0.717) is 0 Å². The van der Waals surface area contributed by atoms with Crippen LogP contribution in [0.2, 0.25) is 0 Å². The van der Waals surface area contributed by atoms with Gasteiger partial charge in [-0.15, -0.1) is 0 Å². The summed E-state index contributed by atoms with van der Waals surface area (Å²) in [6.07, 6.45) is 2.26. The zero-order valence-corrected chi connectivity index (χ0v) is 45.8. The molecule has 4 heteroatoms. The van der Waals surface area contributed by atoms with Crippen LogP contribution < -0.4 is 31.1 Å². The highest BCUT2D eigenvalue weighted by Gasteiger charge is 2.47. The monoisotopic (exact) mass is 996 g/mol. The van der Waals surface area contributed by atoms with Gasteiger partial charge in [0.25, 0.3) is 6.71 Å². The predicted octanol–water partition coefficient (Wildman–Crippen LogP) is 18.2. The Kier molecular flexibility index (Phi) is 11.6. The number of nitrogens with zero attached hydrogens (tertiary/aromatic N) is 3. The second kappa shape index (κ2) is 18.5. The average Bonchev–Trinajstić information content (AvgIpc) is 3.64. The van der Waals surface area contributed by atoms with E-state index in [1.165, 1.54) is 100 Å². The van der Waals surface area contributed by atoms with Crippen LogP contribution in [0, 0.1) is 6.92 Å². The van der Waals surface area contributed by atoms with Crippen LogP contribution in [0.3, 0.4) is 0 Å². The molecule has 3 aliphatic rings. The highest BCUT2D eigenvalue weighted by molar-refractivity contribution is 7.00. The van der Waals surface area contributed by atoms with E-state index in [4.69, 9.17) is 0 Å². The van der Waals surface area contributed by atoms with Gasteiger partial charge in [-0.3, -0.25) is 0 Å². The molecule has 1 aliphatic carbocycles. The lowest BCUT2D eigenvalue weighted by molar-refractivity contribution is 0.332. The summed E-state index contributed by atoms with van der Waals surface area (Å²) in [5.74, 6) is 0. The summed E-state index contributed by atoms with van der Waals surface area (Å²) in [6, 6.07) is 86.8. The molecule has 0 amide bonds. The van der Waals surface area contributed by atoms with Crippen LogP contribution in [-0.4, -0.2) is 6.71 Å². The number of anilines is 9. The van der Waals surface area contributed by atoms with E-state index in [0.717, 1.165) is 35.6 Å². The third-order valence-electron chi connectivity index (χ3n) is 17.2. The van der Waals surface area contributed by atoms with E-state index in [-0.39, 0.29) is 23.0 Å². The first-order chi connectivity index (χ1) is 37.2. The molecule has 10 aromatic rings. The number of rotatable bonds is 8. The first-order valence-corrected chi connectivity index (χ1v) is 27.7. The van der Waals surface area contributed by atoms with Crippen molar-refractivity contribution in [1.29, 1.82) is 0 Å². The van der Waals surface area contributed by atoms with Crippen molar-refractivity contribution in [2.24, 2.45) is 0 Å². The molecular weight excluding hydrogens is 930 g/mol. The van der Waals surface area contributed by atoms with Gasteiger partial charge in [-0.1, -0.05) is 212 Å². The Hall–Kier alpha value is -8.34. The molecule has 0 bridgehead atoms. The Morgan fingerprint density at radius 3 is 1.42 bits per heavy atom. The fraction of sp³-hybridized carbons (Fsp3) is 0.178.